The van der Waals surface area contributed by atoms with E-state index in [0.29, 0.717) is 18.3 Å². The lowest BCUT2D eigenvalue weighted by Gasteiger charge is -2.11. The Balaban J connectivity index is 1.76. The molecule has 4 nitrogen and oxygen atoms in total. The van der Waals surface area contributed by atoms with E-state index in [0.717, 1.165) is 5.92 Å². The van der Waals surface area contributed by atoms with Crippen LogP contribution in [0.5, 0.6) is 0 Å². The SMILES string of the molecule is CC(CC1CC1)NCc1ccc(C(=O)O)o1. The zero-order chi connectivity index (χ0) is 11.5. The molecule has 2 rings (SSSR count). The maximum atomic E-state index is 10.6. The van der Waals surface area contributed by atoms with Crippen LogP contribution >= 0.6 is 0 Å². The van der Waals surface area contributed by atoms with Crippen LogP contribution in [-0.4, -0.2) is 17.1 Å². The number of carboxylic acids is 1. The smallest absolute Gasteiger partial charge is 0.371 e. The highest BCUT2D eigenvalue weighted by molar-refractivity contribution is 5.84. The third kappa shape index (κ3) is 3.10. The van der Waals surface area contributed by atoms with Gasteiger partial charge in [-0.05, 0) is 31.4 Å². The highest BCUT2D eigenvalue weighted by atomic mass is 16.4. The molecule has 88 valence electrons. The summed E-state index contributed by atoms with van der Waals surface area (Å²) in [6.07, 6.45) is 3.92. The van der Waals surface area contributed by atoms with Gasteiger partial charge in [-0.2, -0.15) is 0 Å². The van der Waals surface area contributed by atoms with Crippen molar-refractivity contribution < 1.29 is 14.3 Å². The largest absolute Gasteiger partial charge is 0.475 e. The molecule has 1 saturated carbocycles. The van der Waals surface area contributed by atoms with Gasteiger partial charge in [0.05, 0.1) is 6.54 Å². The first-order valence-corrected chi connectivity index (χ1v) is 5.70. The topological polar surface area (TPSA) is 62.5 Å². The third-order valence-corrected chi connectivity index (χ3v) is 2.88. The first kappa shape index (κ1) is 11.2. The van der Waals surface area contributed by atoms with Gasteiger partial charge < -0.3 is 14.8 Å². The minimum atomic E-state index is -1.02. The van der Waals surface area contributed by atoms with Crippen molar-refractivity contribution in [3.63, 3.8) is 0 Å². The first-order valence-electron chi connectivity index (χ1n) is 5.70. The van der Waals surface area contributed by atoms with Crippen molar-refractivity contribution in [1.29, 1.82) is 0 Å². The Labute approximate surface area is 94.6 Å². The summed E-state index contributed by atoms with van der Waals surface area (Å²) in [6, 6.07) is 3.66. The second kappa shape index (κ2) is 4.70. The fourth-order valence-electron chi connectivity index (χ4n) is 1.80. The van der Waals surface area contributed by atoms with Gasteiger partial charge in [0.2, 0.25) is 5.76 Å². The summed E-state index contributed by atoms with van der Waals surface area (Å²) < 4.78 is 5.15. The predicted octanol–water partition coefficient (Wildman–Crippen LogP) is 2.26. The van der Waals surface area contributed by atoms with Crippen LogP contribution in [0.25, 0.3) is 0 Å². The maximum Gasteiger partial charge on any atom is 0.371 e. The summed E-state index contributed by atoms with van der Waals surface area (Å²) in [6.45, 7) is 2.75. The molecular weight excluding hydrogens is 206 g/mol. The Kier molecular flexibility index (Phi) is 3.29. The van der Waals surface area contributed by atoms with Crippen molar-refractivity contribution in [3.05, 3.63) is 23.7 Å². The number of carbonyl (C=O) groups is 1. The van der Waals surface area contributed by atoms with E-state index in [-0.39, 0.29) is 5.76 Å². The van der Waals surface area contributed by atoms with Gasteiger partial charge >= 0.3 is 5.97 Å². The zero-order valence-corrected chi connectivity index (χ0v) is 9.40. The fraction of sp³-hybridized carbons (Fsp3) is 0.583. The Bertz CT molecular complexity index is 368. The van der Waals surface area contributed by atoms with Crippen molar-refractivity contribution in [2.75, 3.05) is 0 Å². The van der Waals surface area contributed by atoms with Gasteiger partial charge in [-0.15, -0.1) is 0 Å². The number of hydrogen-bond donors (Lipinski definition) is 2. The minimum absolute atomic E-state index is 0.00615. The lowest BCUT2D eigenvalue weighted by molar-refractivity contribution is 0.0660. The van der Waals surface area contributed by atoms with E-state index >= 15 is 0 Å². The van der Waals surface area contributed by atoms with Crippen LogP contribution in [0.1, 0.15) is 42.5 Å². The van der Waals surface area contributed by atoms with Gasteiger partial charge in [0.1, 0.15) is 5.76 Å². The molecule has 1 atom stereocenters. The van der Waals surface area contributed by atoms with E-state index in [9.17, 15) is 4.79 Å². The van der Waals surface area contributed by atoms with Gasteiger partial charge in [0.15, 0.2) is 0 Å². The standard InChI is InChI=1S/C12H17NO3/c1-8(6-9-2-3-9)13-7-10-4-5-11(16-10)12(14)15/h4-5,8-9,13H,2-3,6-7H2,1H3,(H,14,15). The van der Waals surface area contributed by atoms with Gasteiger partial charge in [-0.25, -0.2) is 4.79 Å². The number of carboxylic acid groups (broad SMARTS) is 1. The van der Waals surface area contributed by atoms with Gasteiger partial charge in [-0.1, -0.05) is 12.8 Å². The fourth-order valence-corrected chi connectivity index (χ4v) is 1.80. The number of hydrogen-bond acceptors (Lipinski definition) is 3. The van der Waals surface area contributed by atoms with Crippen LogP contribution in [0.4, 0.5) is 0 Å². The zero-order valence-electron chi connectivity index (χ0n) is 9.40. The number of rotatable bonds is 6. The van der Waals surface area contributed by atoms with Gasteiger partial charge in [0, 0.05) is 6.04 Å². The lowest BCUT2D eigenvalue weighted by Crippen LogP contribution is -2.25. The highest BCUT2D eigenvalue weighted by Gasteiger charge is 2.23. The van der Waals surface area contributed by atoms with Crippen LogP contribution < -0.4 is 5.32 Å². The van der Waals surface area contributed by atoms with Crippen molar-refractivity contribution in [1.82, 2.24) is 5.32 Å². The first-order chi connectivity index (χ1) is 7.65. The lowest BCUT2D eigenvalue weighted by atomic mass is 10.1. The second-order valence-corrected chi connectivity index (χ2v) is 4.53. The monoisotopic (exact) mass is 223 g/mol. The molecular formula is C12H17NO3. The van der Waals surface area contributed by atoms with Crippen LogP contribution in [-0.2, 0) is 6.54 Å². The van der Waals surface area contributed by atoms with E-state index < -0.39 is 5.97 Å². The molecule has 4 heteroatoms. The number of aromatic carboxylic acids is 1. The van der Waals surface area contributed by atoms with Gasteiger partial charge in [0.25, 0.3) is 0 Å². The van der Waals surface area contributed by atoms with Crippen LogP contribution in [0.15, 0.2) is 16.5 Å². The second-order valence-electron chi connectivity index (χ2n) is 4.53. The summed E-state index contributed by atoms with van der Waals surface area (Å²) in [4.78, 5) is 10.6. The average Bonchev–Trinajstić information content (AvgIpc) is 2.91. The number of furan rings is 1. The Morgan fingerprint density at radius 2 is 2.38 bits per heavy atom. The van der Waals surface area contributed by atoms with E-state index in [4.69, 9.17) is 9.52 Å². The molecule has 16 heavy (non-hydrogen) atoms. The summed E-state index contributed by atoms with van der Waals surface area (Å²) in [7, 11) is 0. The van der Waals surface area contributed by atoms with Crippen LogP contribution in [0.2, 0.25) is 0 Å². The molecule has 1 aromatic heterocycles. The van der Waals surface area contributed by atoms with E-state index in [1.54, 1.807) is 6.07 Å². The summed E-state index contributed by atoms with van der Waals surface area (Å²) >= 11 is 0. The van der Waals surface area contributed by atoms with Crippen LogP contribution in [0.3, 0.4) is 0 Å². The van der Waals surface area contributed by atoms with E-state index in [1.807, 2.05) is 0 Å². The van der Waals surface area contributed by atoms with Crippen molar-refractivity contribution in [3.8, 4) is 0 Å². The summed E-state index contributed by atoms with van der Waals surface area (Å²) in [5, 5.41) is 12.0. The molecule has 0 radical (unpaired) electrons. The molecule has 1 aliphatic carbocycles. The molecule has 1 unspecified atom stereocenters. The molecule has 0 aliphatic heterocycles. The molecule has 1 fully saturated rings. The van der Waals surface area contributed by atoms with E-state index in [1.165, 1.54) is 25.3 Å². The maximum absolute atomic E-state index is 10.6. The molecule has 0 spiro atoms. The Hall–Kier alpha value is -1.29. The van der Waals surface area contributed by atoms with Crippen molar-refractivity contribution in [2.24, 2.45) is 5.92 Å². The van der Waals surface area contributed by atoms with Crippen molar-refractivity contribution >= 4 is 5.97 Å². The minimum Gasteiger partial charge on any atom is -0.475 e. The Morgan fingerprint density at radius 1 is 1.62 bits per heavy atom. The highest BCUT2D eigenvalue weighted by Crippen LogP contribution is 2.33. The molecule has 1 heterocycles. The normalized spacial score (nSPS) is 17.3. The molecule has 0 amide bonds. The quantitative estimate of drug-likeness (QED) is 0.776. The number of nitrogens with one attached hydrogen (secondary N) is 1. The molecule has 1 aromatic rings. The molecule has 2 N–H and O–H groups in total. The molecule has 0 saturated heterocycles. The Morgan fingerprint density at radius 3 is 2.94 bits per heavy atom. The van der Waals surface area contributed by atoms with Crippen LogP contribution in [0, 0.1) is 5.92 Å². The summed E-state index contributed by atoms with van der Waals surface area (Å²) in [5.41, 5.74) is 0. The van der Waals surface area contributed by atoms with Crippen molar-refractivity contribution in [2.45, 2.75) is 38.8 Å². The molecule has 1 aliphatic rings. The van der Waals surface area contributed by atoms with E-state index in [2.05, 4.69) is 12.2 Å². The third-order valence-electron chi connectivity index (χ3n) is 2.88. The average molecular weight is 223 g/mol. The van der Waals surface area contributed by atoms with Gasteiger partial charge in [-0.3, -0.25) is 0 Å². The molecule has 0 bridgehead atoms. The molecule has 0 aromatic carbocycles. The summed E-state index contributed by atoms with van der Waals surface area (Å²) in [5.74, 6) is 0.567. The predicted molar refractivity (Wildman–Crippen MR) is 59.3 cm³/mol.